The van der Waals surface area contributed by atoms with Crippen LogP contribution < -0.4 is 46.8 Å². The van der Waals surface area contributed by atoms with Gasteiger partial charge in [0.25, 0.3) is 0 Å². The summed E-state index contributed by atoms with van der Waals surface area (Å²) in [5.74, 6) is -1.91. The van der Waals surface area contributed by atoms with Crippen LogP contribution in [0.15, 0.2) is 58.3 Å². The molecule has 0 fully saturated rings. The van der Waals surface area contributed by atoms with Crippen LogP contribution in [0.25, 0.3) is 0 Å². The minimum Gasteiger partial charge on any atom is -0.796 e. The van der Waals surface area contributed by atoms with Gasteiger partial charge in [0.1, 0.15) is 5.82 Å². The Morgan fingerprint density at radius 2 is 1.11 bits per heavy atom. The van der Waals surface area contributed by atoms with Crippen LogP contribution in [0.1, 0.15) is 51.8 Å². The molecule has 0 saturated carbocycles. The van der Waals surface area contributed by atoms with Gasteiger partial charge in [0, 0.05) is 30.4 Å². The number of thioether (sulfide) groups is 2. The molecule has 0 atom stereocenters. The van der Waals surface area contributed by atoms with E-state index in [2.05, 4.69) is 40.0 Å². The summed E-state index contributed by atoms with van der Waals surface area (Å²) >= 11 is 9.16. The standard InChI is InChI=1S/C10H12INO2S.C10H13NO2S.C9H10FNO2.CH4S.Na/c1-3-14-10(13)6-4-7(11)8(12)5-9(6)15-2;1-3-13-10(12)8-5-4-7(11)6-9(8)14-2;1-2-13-9(12)7-4-3-6(11)5-8(7)10;1-2;/h4-5H,3,12H2,1-2H3;4-6H,3,11H2,1-2H3;3-5H,2,11H2,1H3;2H,1H3;/q;;;;+1/p-1. The Morgan fingerprint density at radius 1 is 0.711 bits per heavy atom. The van der Waals surface area contributed by atoms with Crippen molar-refractivity contribution >= 4 is 93.7 Å². The van der Waals surface area contributed by atoms with E-state index in [1.165, 1.54) is 35.7 Å². The molecule has 3 aromatic rings. The number of hydrogen-bond acceptors (Lipinski definition) is 12. The molecule has 6 N–H and O–H groups in total. The molecule has 3 aromatic carbocycles. The first-order valence-corrected chi connectivity index (χ1v) is 17.3. The molecule has 242 valence electrons. The van der Waals surface area contributed by atoms with Crippen molar-refractivity contribution in [1.82, 2.24) is 0 Å². The van der Waals surface area contributed by atoms with Crippen LogP contribution in [0.4, 0.5) is 21.5 Å². The number of carbonyl (C=O) groups is 3. The van der Waals surface area contributed by atoms with Gasteiger partial charge in [0.05, 0.1) is 36.5 Å². The van der Waals surface area contributed by atoms with Crippen LogP contribution in [0.2, 0.25) is 0 Å². The van der Waals surface area contributed by atoms with E-state index in [1.54, 1.807) is 57.4 Å². The second-order valence-electron chi connectivity index (χ2n) is 7.93. The normalized spacial score (nSPS) is 9.36. The molecule has 0 unspecified atom stereocenters. The molecule has 0 saturated heterocycles. The number of esters is 3. The summed E-state index contributed by atoms with van der Waals surface area (Å²) in [5.41, 5.74) is 19.4. The van der Waals surface area contributed by atoms with Crippen LogP contribution in [0.5, 0.6) is 0 Å². The van der Waals surface area contributed by atoms with Gasteiger partial charge in [0.2, 0.25) is 0 Å². The maximum Gasteiger partial charge on any atom is 1.00 e. The summed E-state index contributed by atoms with van der Waals surface area (Å²) in [5, 5.41) is 0. The second-order valence-corrected chi connectivity index (χ2v) is 10.8. The predicted octanol–water partition coefficient (Wildman–Crippen LogP) is 3.69. The molecule has 0 aliphatic carbocycles. The number of carbonyl (C=O) groups excluding carboxylic acids is 3. The monoisotopic (exact) mass is 801 g/mol. The summed E-state index contributed by atoms with van der Waals surface area (Å²) in [4.78, 5) is 35.8. The quantitative estimate of drug-likeness (QED) is 0.0579. The average molecular weight is 802 g/mol. The zero-order valence-corrected chi connectivity index (χ0v) is 33.0. The maximum absolute atomic E-state index is 13.0. The van der Waals surface area contributed by atoms with E-state index in [0.717, 1.165) is 19.4 Å². The number of benzene rings is 3. The van der Waals surface area contributed by atoms with Crippen molar-refractivity contribution in [2.24, 2.45) is 0 Å². The summed E-state index contributed by atoms with van der Waals surface area (Å²) in [7, 11) is 0. The number of ether oxygens (including phenoxy) is 3. The molecule has 3 rings (SSSR count). The zero-order valence-electron chi connectivity index (χ0n) is 26.4. The van der Waals surface area contributed by atoms with Gasteiger partial charge < -0.3 is 44.0 Å². The van der Waals surface area contributed by atoms with Gasteiger partial charge in [0.15, 0.2) is 0 Å². The number of nitrogens with two attached hydrogens (primary N) is 3. The van der Waals surface area contributed by atoms with Gasteiger partial charge in [-0.2, -0.15) is 6.26 Å². The smallest absolute Gasteiger partial charge is 0.796 e. The van der Waals surface area contributed by atoms with E-state index in [1.807, 2.05) is 12.5 Å². The first-order chi connectivity index (χ1) is 20.9. The minimum absolute atomic E-state index is 0. The van der Waals surface area contributed by atoms with E-state index in [4.69, 9.17) is 26.7 Å². The van der Waals surface area contributed by atoms with Crippen molar-refractivity contribution in [1.29, 1.82) is 0 Å². The largest absolute Gasteiger partial charge is 1.00 e. The van der Waals surface area contributed by atoms with Crippen LogP contribution in [-0.2, 0) is 26.8 Å². The fourth-order valence-electron chi connectivity index (χ4n) is 3.10. The number of anilines is 3. The number of rotatable bonds is 8. The molecular formula is C30H38FIN3NaO6S3. The Morgan fingerprint density at radius 3 is 1.56 bits per heavy atom. The Balaban J connectivity index is 0. The van der Waals surface area contributed by atoms with E-state index >= 15 is 0 Å². The van der Waals surface area contributed by atoms with Gasteiger partial charge in [-0.25, -0.2) is 18.8 Å². The van der Waals surface area contributed by atoms with Crippen molar-refractivity contribution in [3.05, 3.63) is 74.6 Å². The zero-order chi connectivity index (χ0) is 33.8. The summed E-state index contributed by atoms with van der Waals surface area (Å²) in [6.07, 6.45) is 5.39. The van der Waals surface area contributed by atoms with Crippen molar-refractivity contribution < 1.29 is 62.5 Å². The molecule has 45 heavy (non-hydrogen) atoms. The van der Waals surface area contributed by atoms with Crippen LogP contribution >= 0.6 is 46.1 Å². The van der Waals surface area contributed by atoms with Gasteiger partial charge in [-0.15, -0.1) is 23.5 Å². The van der Waals surface area contributed by atoms with Crippen LogP contribution in [-0.4, -0.2) is 56.5 Å². The Bertz CT molecular complexity index is 1390. The van der Waals surface area contributed by atoms with E-state index in [-0.39, 0.29) is 59.4 Å². The maximum atomic E-state index is 13.0. The molecule has 15 heteroatoms. The third-order valence-corrected chi connectivity index (χ3v) is 7.51. The molecule has 0 amide bonds. The third kappa shape index (κ3) is 16.0. The molecule has 0 heterocycles. The molecule has 0 radical (unpaired) electrons. The van der Waals surface area contributed by atoms with Crippen molar-refractivity contribution in [2.75, 3.05) is 55.8 Å². The fourth-order valence-corrected chi connectivity index (χ4v) is 4.80. The summed E-state index contributed by atoms with van der Waals surface area (Å²) in [6.45, 7) is 6.23. The molecule has 0 aromatic heterocycles. The van der Waals surface area contributed by atoms with Crippen molar-refractivity contribution in [2.45, 2.75) is 30.6 Å². The molecule has 0 aliphatic heterocycles. The van der Waals surface area contributed by atoms with Crippen LogP contribution in [0, 0.1) is 9.39 Å². The fraction of sp³-hybridized carbons (Fsp3) is 0.300. The summed E-state index contributed by atoms with van der Waals surface area (Å²) in [6, 6.07) is 12.6. The molecular weight excluding hydrogens is 763 g/mol. The van der Waals surface area contributed by atoms with Gasteiger partial charge in [-0.3, -0.25) is 0 Å². The number of halogens is 2. The molecule has 0 bridgehead atoms. The molecule has 9 nitrogen and oxygen atoms in total. The molecule has 0 spiro atoms. The second kappa shape index (κ2) is 25.3. The van der Waals surface area contributed by atoms with Gasteiger partial charge in [-0.1, -0.05) is 0 Å². The van der Waals surface area contributed by atoms with E-state index in [9.17, 15) is 18.8 Å². The number of nitrogen functional groups attached to an aromatic ring is 3. The van der Waals surface area contributed by atoms with Gasteiger partial charge >= 0.3 is 47.5 Å². The Kier molecular flexibility index (Phi) is 25.5. The number of hydrogen-bond donors (Lipinski definition) is 3. The minimum atomic E-state index is -0.667. The first-order valence-electron chi connectivity index (χ1n) is 13.0. The predicted molar refractivity (Wildman–Crippen MR) is 190 cm³/mol. The Labute approximate surface area is 314 Å². The van der Waals surface area contributed by atoms with Gasteiger partial charge in [-0.05, 0) is 104 Å². The van der Waals surface area contributed by atoms with E-state index < -0.39 is 11.8 Å². The first kappa shape index (κ1) is 45.3. The van der Waals surface area contributed by atoms with Crippen molar-refractivity contribution in [3.63, 3.8) is 0 Å². The van der Waals surface area contributed by atoms with Crippen molar-refractivity contribution in [3.8, 4) is 0 Å². The SMILES string of the molecule is CCOC(=O)c1cc(I)c(N)cc1SC.CCOC(=O)c1ccc(N)cc1F.CCOC(=O)c1ccc(N)cc1SC.C[S-].[Na+]. The summed E-state index contributed by atoms with van der Waals surface area (Å²) < 4.78 is 28.4. The Hall–Kier alpha value is -1.82. The third-order valence-electron chi connectivity index (χ3n) is 5.02. The van der Waals surface area contributed by atoms with Crippen LogP contribution in [0.3, 0.4) is 0 Å². The molecule has 0 aliphatic rings. The topological polar surface area (TPSA) is 157 Å². The average Bonchev–Trinajstić information content (AvgIpc) is 3.00. The van der Waals surface area contributed by atoms with E-state index in [0.29, 0.717) is 35.7 Å².